The summed E-state index contributed by atoms with van der Waals surface area (Å²) >= 11 is 3.28. The molecule has 2 unspecified atom stereocenters. The number of nitrogens with one attached hydrogen (secondary N) is 2. The van der Waals surface area contributed by atoms with Crippen LogP contribution in [0.25, 0.3) is 0 Å². The maximum atomic E-state index is 13.3. The highest BCUT2D eigenvalue weighted by atomic mass is 79.9. The molecule has 0 radical (unpaired) electrons. The smallest absolute Gasteiger partial charge is 0.459 e. The Labute approximate surface area is 191 Å². The number of aliphatic carboxylic acids is 1. The molecule has 1 aromatic heterocycles. The van der Waals surface area contributed by atoms with Gasteiger partial charge in [0.25, 0.3) is 5.56 Å². The maximum absolute atomic E-state index is 13.3. The molecule has 1 aliphatic rings. The second kappa shape index (κ2) is 10.1. The molecule has 13 heteroatoms. The number of halogens is 1. The molecular formula is C19H23BrN3O8P. The Morgan fingerprint density at radius 2 is 2.12 bits per heavy atom. The number of aromatic nitrogens is 2. The summed E-state index contributed by atoms with van der Waals surface area (Å²) in [7, 11) is -4.10. The van der Waals surface area contributed by atoms with Crippen molar-refractivity contribution < 1.29 is 28.3 Å². The second-order valence-corrected chi connectivity index (χ2v) is 9.82. The fourth-order valence-electron chi connectivity index (χ4n) is 3.03. The number of aryl methyl sites for hydroxylation is 1. The molecule has 0 aliphatic carbocycles. The van der Waals surface area contributed by atoms with E-state index in [9.17, 15) is 24.1 Å². The van der Waals surface area contributed by atoms with E-state index in [0.717, 1.165) is 0 Å². The summed E-state index contributed by atoms with van der Waals surface area (Å²) in [6.07, 6.45) is 1.22. The van der Waals surface area contributed by atoms with Crippen LogP contribution < -0.4 is 20.9 Å². The molecule has 4 atom stereocenters. The Morgan fingerprint density at radius 3 is 2.81 bits per heavy atom. The number of para-hydroxylation sites is 1. The highest BCUT2D eigenvalue weighted by molar-refractivity contribution is 9.10. The van der Waals surface area contributed by atoms with Crippen LogP contribution in [-0.2, 0) is 18.6 Å². The average molecular weight is 532 g/mol. The van der Waals surface area contributed by atoms with Crippen LogP contribution in [0.1, 0.15) is 31.6 Å². The number of aromatic amines is 1. The molecule has 11 nitrogen and oxygen atoms in total. The van der Waals surface area contributed by atoms with E-state index in [0.29, 0.717) is 22.9 Å². The topological polar surface area (TPSA) is 149 Å². The molecule has 32 heavy (non-hydrogen) atoms. The zero-order valence-corrected chi connectivity index (χ0v) is 19.8. The van der Waals surface area contributed by atoms with Crippen LogP contribution in [0.5, 0.6) is 5.75 Å². The summed E-state index contributed by atoms with van der Waals surface area (Å²) in [6, 6.07) is 5.43. The largest absolute Gasteiger partial charge is 0.480 e. The molecule has 0 bridgehead atoms. The summed E-state index contributed by atoms with van der Waals surface area (Å²) in [4.78, 5) is 37.1. The van der Waals surface area contributed by atoms with Crippen LogP contribution in [0.2, 0.25) is 0 Å². The van der Waals surface area contributed by atoms with Crippen molar-refractivity contribution in [3.05, 3.63) is 61.3 Å². The first-order chi connectivity index (χ1) is 15.1. The standard InChI is InChI=1S/C19H23BrN3O8P/c1-11-9-23(19(27)21-17(11)24)16-8-7-13(30-16)10-29-32(28,22-12(2)18(25)26)31-15-6-4-3-5-14(15)20/h3-6,9,12-13,16H,7-8,10H2,1-2H3,(H,22,28)(H,25,26)(H,21,24,27)/t12?,13-,16+,32?/m0/s1. The maximum Gasteiger partial charge on any atom is 0.459 e. The number of ether oxygens (including phenoxy) is 1. The van der Waals surface area contributed by atoms with Crippen molar-refractivity contribution >= 4 is 29.6 Å². The highest BCUT2D eigenvalue weighted by Gasteiger charge is 2.35. The van der Waals surface area contributed by atoms with E-state index in [-0.39, 0.29) is 12.4 Å². The molecular weight excluding hydrogens is 509 g/mol. The predicted octanol–water partition coefficient (Wildman–Crippen LogP) is 2.55. The summed E-state index contributed by atoms with van der Waals surface area (Å²) in [6.45, 7) is 2.72. The van der Waals surface area contributed by atoms with E-state index in [2.05, 4.69) is 26.0 Å². The van der Waals surface area contributed by atoms with Gasteiger partial charge in [-0.25, -0.2) is 9.36 Å². The summed E-state index contributed by atoms with van der Waals surface area (Å²) in [5.74, 6) is -1.02. The Kier molecular flexibility index (Phi) is 7.73. The number of hydrogen-bond donors (Lipinski definition) is 3. The minimum absolute atomic E-state index is 0.172. The third-order valence-corrected chi connectivity index (χ3v) is 7.03. The summed E-state index contributed by atoms with van der Waals surface area (Å²) < 4.78 is 32.0. The lowest BCUT2D eigenvalue weighted by Gasteiger charge is -2.24. The van der Waals surface area contributed by atoms with Gasteiger partial charge >= 0.3 is 19.4 Å². The van der Waals surface area contributed by atoms with Gasteiger partial charge in [-0.1, -0.05) is 12.1 Å². The van der Waals surface area contributed by atoms with Crippen molar-refractivity contribution in [3.8, 4) is 5.75 Å². The van der Waals surface area contributed by atoms with E-state index in [1.807, 2.05) is 0 Å². The number of nitrogens with zero attached hydrogens (tertiary/aromatic N) is 1. The number of carbonyl (C=O) groups is 1. The van der Waals surface area contributed by atoms with Crippen LogP contribution in [-0.4, -0.2) is 39.4 Å². The number of H-pyrrole nitrogens is 1. The molecule has 0 amide bonds. The summed E-state index contributed by atoms with van der Waals surface area (Å²) in [5, 5.41) is 11.6. The predicted molar refractivity (Wildman–Crippen MR) is 118 cm³/mol. The second-order valence-electron chi connectivity index (χ2n) is 7.27. The third kappa shape index (κ3) is 5.96. The highest BCUT2D eigenvalue weighted by Crippen LogP contribution is 2.47. The number of carboxylic acid groups (broad SMARTS) is 1. The molecule has 1 aromatic carbocycles. The molecule has 2 heterocycles. The molecule has 0 spiro atoms. The lowest BCUT2D eigenvalue weighted by atomic mass is 10.2. The SMILES string of the molecule is Cc1cn([C@H]2CC[C@@H](COP(=O)(NC(C)C(=O)O)Oc3ccccc3Br)O2)c(=O)[nH]c1=O. The number of rotatable bonds is 9. The number of hydrogen-bond acceptors (Lipinski definition) is 7. The normalized spacial score (nSPS) is 21.1. The van der Waals surface area contributed by atoms with E-state index in [1.54, 1.807) is 31.2 Å². The molecule has 1 fully saturated rings. The van der Waals surface area contributed by atoms with Crippen LogP contribution in [0.3, 0.4) is 0 Å². The van der Waals surface area contributed by atoms with Crippen molar-refractivity contribution in [1.82, 2.24) is 14.6 Å². The van der Waals surface area contributed by atoms with Gasteiger partial charge in [0, 0.05) is 11.8 Å². The van der Waals surface area contributed by atoms with Crippen LogP contribution in [0.15, 0.2) is 44.5 Å². The van der Waals surface area contributed by atoms with Crippen LogP contribution in [0.4, 0.5) is 0 Å². The van der Waals surface area contributed by atoms with Gasteiger partial charge in [-0.3, -0.25) is 23.7 Å². The van der Waals surface area contributed by atoms with Gasteiger partial charge in [0.1, 0.15) is 18.0 Å². The van der Waals surface area contributed by atoms with Gasteiger partial charge in [0.2, 0.25) is 0 Å². The van der Waals surface area contributed by atoms with E-state index >= 15 is 0 Å². The van der Waals surface area contributed by atoms with E-state index in [4.69, 9.17) is 13.8 Å². The minimum atomic E-state index is -4.10. The minimum Gasteiger partial charge on any atom is -0.480 e. The van der Waals surface area contributed by atoms with Gasteiger partial charge in [-0.05, 0) is 54.8 Å². The molecule has 1 saturated heterocycles. The third-order valence-electron chi connectivity index (χ3n) is 4.75. The van der Waals surface area contributed by atoms with Crippen LogP contribution >= 0.6 is 23.7 Å². The first-order valence-electron chi connectivity index (χ1n) is 9.75. The van der Waals surface area contributed by atoms with Crippen molar-refractivity contribution in [2.75, 3.05) is 6.61 Å². The lowest BCUT2D eigenvalue weighted by molar-refractivity contribution is -0.138. The molecule has 0 saturated carbocycles. The van der Waals surface area contributed by atoms with Gasteiger partial charge in [0.05, 0.1) is 17.2 Å². The van der Waals surface area contributed by atoms with Crippen molar-refractivity contribution in [2.45, 2.75) is 45.1 Å². The van der Waals surface area contributed by atoms with E-state index < -0.39 is 43.3 Å². The molecule has 174 valence electrons. The first-order valence-corrected chi connectivity index (χ1v) is 12.1. The zero-order chi connectivity index (χ0) is 23.5. The van der Waals surface area contributed by atoms with Crippen molar-refractivity contribution in [2.24, 2.45) is 0 Å². The summed E-state index contributed by atoms with van der Waals surface area (Å²) in [5.41, 5.74) is -0.689. The molecule has 2 aromatic rings. The van der Waals surface area contributed by atoms with Gasteiger partial charge in [-0.2, -0.15) is 5.09 Å². The Morgan fingerprint density at radius 1 is 1.41 bits per heavy atom. The number of benzene rings is 1. The average Bonchev–Trinajstić information content (AvgIpc) is 3.20. The Balaban J connectivity index is 1.71. The molecule has 3 N–H and O–H groups in total. The Bertz CT molecular complexity index is 1150. The zero-order valence-electron chi connectivity index (χ0n) is 17.3. The van der Waals surface area contributed by atoms with Crippen molar-refractivity contribution in [3.63, 3.8) is 0 Å². The Hall–Kier alpha value is -2.24. The number of carboxylic acids is 1. The monoisotopic (exact) mass is 531 g/mol. The first kappa shape index (κ1) is 24.4. The quantitative estimate of drug-likeness (QED) is 0.415. The van der Waals surface area contributed by atoms with Crippen LogP contribution in [0, 0.1) is 6.92 Å². The molecule has 3 rings (SSSR count). The van der Waals surface area contributed by atoms with Gasteiger partial charge in [0.15, 0.2) is 0 Å². The lowest BCUT2D eigenvalue weighted by Crippen LogP contribution is -2.34. The van der Waals surface area contributed by atoms with E-state index in [1.165, 1.54) is 17.7 Å². The fraction of sp³-hybridized carbons (Fsp3) is 0.421. The van der Waals surface area contributed by atoms with Crippen molar-refractivity contribution in [1.29, 1.82) is 0 Å². The van der Waals surface area contributed by atoms with Gasteiger partial charge in [-0.15, -0.1) is 0 Å². The van der Waals surface area contributed by atoms with Gasteiger partial charge < -0.3 is 14.4 Å². The molecule has 1 aliphatic heterocycles. The fourth-order valence-corrected chi connectivity index (χ4v) is 5.06.